The Morgan fingerprint density at radius 3 is 2.80 bits per heavy atom. The lowest BCUT2D eigenvalue weighted by molar-refractivity contribution is 0.799. The molecule has 1 atom stereocenters. The first-order valence-electron chi connectivity index (χ1n) is 6.51. The maximum atomic E-state index is 4.66. The van der Waals surface area contributed by atoms with Gasteiger partial charge in [-0.2, -0.15) is 0 Å². The molecule has 0 amide bonds. The Labute approximate surface area is 120 Å². The SMILES string of the molecule is CC(C)c1nc(C(C)Nc2ncnc3nc[nH]c23)cs1. The van der Waals surface area contributed by atoms with Crippen LogP contribution in [-0.2, 0) is 0 Å². The summed E-state index contributed by atoms with van der Waals surface area (Å²) < 4.78 is 0. The Bertz CT molecular complexity index is 716. The molecule has 2 N–H and O–H groups in total. The molecule has 3 rings (SSSR count). The second kappa shape index (κ2) is 5.16. The molecule has 0 aliphatic carbocycles. The highest BCUT2D eigenvalue weighted by molar-refractivity contribution is 7.09. The zero-order valence-corrected chi connectivity index (χ0v) is 12.4. The first-order valence-corrected chi connectivity index (χ1v) is 7.39. The third-order valence-electron chi connectivity index (χ3n) is 3.05. The van der Waals surface area contributed by atoms with Crippen LogP contribution in [0.1, 0.15) is 43.4 Å². The Kier molecular flexibility index (Phi) is 3.35. The highest BCUT2D eigenvalue weighted by Crippen LogP contribution is 2.25. The third-order valence-corrected chi connectivity index (χ3v) is 4.22. The minimum Gasteiger partial charge on any atom is -0.360 e. The number of imidazole rings is 1. The number of thiazole rings is 1. The van der Waals surface area contributed by atoms with Crippen LogP contribution in [0, 0.1) is 0 Å². The average Bonchev–Trinajstić information content (AvgIpc) is 3.08. The molecule has 20 heavy (non-hydrogen) atoms. The first-order chi connectivity index (χ1) is 9.65. The summed E-state index contributed by atoms with van der Waals surface area (Å²) in [6.45, 7) is 6.38. The number of rotatable bonds is 4. The summed E-state index contributed by atoms with van der Waals surface area (Å²) in [6.07, 6.45) is 3.13. The Hall–Kier alpha value is -2.02. The van der Waals surface area contributed by atoms with Crippen LogP contribution >= 0.6 is 11.3 Å². The van der Waals surface area contributed by atoms with Gasteiger partial charge < -0.3 is 10.3 Å². The van der Waals surface area contributed by atoms with Crippen molar-refractivity contribution in [2.75, 3.05) is 5.32 Å². The second-order valence-corrected chi connectivity index (χ2v) is 5.84. The van der Waals surface area contributed by atoms with Crippen LogP contribution in [0.2, 0.25) is 0 Å². The molecule has 3 aromatic rings. The molecular weight excluding hydrogens is 272 g/mol. The number of aromatic amines is 1. The van der Waals surface area contributed by atoms with Crippen LogP contribution in [0.4, 0.5) is 5.82 Å². The fourth-order valence-electron chi connectivity index (χ4n) is 1.92. The molecule has 104 valence electrons. The van der Waals surface area contributed by atoms with Crippen LogP contribution in [0.5, 0.6) is 0 Å². The molecule has 0 radical (unpaired) electrons. The van der Waals surface area contributed by atoms with Crippen LogP contribution in [-0.4, -0.2) is 24.9 Å². The second-order valence-electron chi connectivity index (χ2n) is 4.95. The Morgan fingerprint density at radius 1 is 1.20 bits per heavy atom. The first kappa shape index (κ1) is 13.0. The minimum atomic E-state index is 0.0835. The molecule has 0 aliphatic rings. The number of H-pyrrole nitrogens is 1. The molecule has 0 saturated heterocycles. The van der Waals surface area contributed by atoms with Gasteiger partial charge in [-0.3, -0.25) is 0 Å². The lowest BCUT2D eigenvalue weighted by Gasteiger charge is -2.12. The summed E-state index contributed by atoms with van der Waals surface area (Å²) in [6, 6.07) is 0.0835. The monoisotopic (exact) mass is 288 g/mol. The van der Waals surface area contributed by atoms with Gasteiger partial charge in [-0.05, 0) is 6.92 Å². The van der Waals surface area contributed by atoms with Gasteiger partial charge in [-0.15, -0.1) is 11.3 Å². The summed E-state index contributed by atoms with van der Waals surface area (Å²) in [5.41, 5.74) is 2.51. The zero-order chi connectivity index (χ0) is 14.1. The van der Waals surface area contributed by atoms with Crippen molar-refractivity contribution < 1.29 is 0 Å². The highest BCUT2D eigenvalue weighted by Gasteiger charge is 2.14. The summed E-state index contributed by atoms with van der Waals surface area (Å²) in [7, 11) is 0. The molecule has 0 fully saturated rings. The van der Waals surface area contributed by atoms with Crippen molar-refractivity contribution in [3.63, 3.8) is 0 Å². The van der Waals surface area contributed by atoms with E-state index in [-0.39, 0.29) is 6.04 Å². The van der Waals surface area contributed by atoms with Gasteiger partial charge in [0.1, 0.15) is 11.8 Å². The minimum absolute atomic E-state index is 0.0835. The van der Waals surface area contributed by atoms with E-state index in [9.17, 15) is 0 Å². The maximum Gasteiger partial charge on any atom is 0.182 e. The molecule has 3 heterocycles. The molecular formula is C13H16N6S. The van der Waals surface area contributed by atoms with Gasteiger partial charge in [-0.25, -0.2) is 19.9 Å². The summed E-state index contributed by atoms with van der Waals surface area (Å²) in [5, 5.41) is 6.61. The van der Waals surface area contributed by atoms with E-state index in [1.54, 1.807) is 17.7 Å². The van der Waals surface area contributed by atoms with Crippen LogP contribution < -0.4 is 5.32 Å². The topological polar surface area (TPSA) is 79.4 Å². The van der Waals surface area contributed by atoms with Gasteiger partial charge in [0.2, 0.25) is 0 Å². The smallest absolute Gasteiger partial charge is 0.182 e. The van der Waals surface area contributed by atoms with Crippen molar-refractivity contribution in [2.24, 2.45) is 0 Å². The van der Waals surface area contributed by atoms with Crippen molar-refractivity contribution in [2.45, 2.75) is 32.7 Å². The number of hydrogen-bond donors (Lipinski definition) is 2. The van der Waals surface area contributed by atoms with Gasteiger partial charge in [0.15, 0.2) is 11.5 Å². The molecule has 1 unspecified atom stereocenters. The van der Waals surface area contributed by atoms with Gasteiger partial charge >= 0.3 is 0 Å². The molecule has 3 aromatic heterocycles. The van der Waals surface area contributed by atoms with Crippen molar-refractivity contribution in [1.29, 1.82) is 0 Å². The number of anilines is 1. The summed E-state index contributed by atoms with van der Waals surface area (Å²) in [4.78, 5) is 20.2. The van der Waals surface area contributed by atoms with E-state index < -0.39 is 0 Å². The van der Waals surface area contributed by atoms with Gasteiger partial charge in [0, 0.05) is 11.3 Å². The van der Waals surface area contributed by atoms with Crippen molar-refractivity contribution in [3.8, 4) is 0 Å². The molecule has 0 aliphatic heterocycles. The van der Waals surface area contributed by atoms with E-state index in [0.717, 1.165) is 22.0 Å². The predicted molar refractivity (Wildman–Crippen MR) is 79.9 cm³/mol. The predicted octanol–water partition coefficient (Wildman–Crippen LogP) is 3.11. The molecule has 6 nitrogen and oxygen atoms in total. The Balaban J connectivity index is 1.84. The summed E-state index contributed by atoms with van der Waals surface area (Å²) in [5.74, 6) is 1.21. The number of nitrogens with one attached hydrogen (secondary N) is 2. The molecule has 0 saturated carbocycles. The average molecular weight is 288 g/mol. The normalized spacial score (nSPS) is 13.0. The van der Waals surface area contributed by atoms with E-state index in [1.807, 2.05) is 0 Å². The number of hydrogen-bond acceptors (Lipinski definition) is 6. The van der Waals surface area contributed by atoms with Crippen molar-refractivity contribution in [1.82, 2.24) is 24.9 Å². The molecule has 0 spiro atoms. The van der Waals surface area contributed by atoms with Crippen LogP contribution in [0.3, 0.4) is 0 Å². The molecule has 7 heteroatoms. The van der Waals surface area contributed by atoms with Gasteiger partial charge in [0.25, 0.3) is 0 Å². The number of aromatic nitrogens is 5. The summed E-state index contributed by atoms with van der Waals surface area (Å²) >= 11 is 1.70. The number of nitrogens with zero attached hydrogens (tertiary/aromatic N) is 4. The van der Waals surface area contributed by atoms with Gasteiger partial charge in [-0.1, -0.05) is 13.8 Å². The largest absolute Gasteiger partial charge is 0.360 e. The van der Waals surface area contributed by atoms with E-state index in [2.05, 4.69) is 56.4 Å². The quantitative estimate of drug-likeness (QED) is 0.771. The highest BCUT2D eigenvalue weighted by atomic mass is 32.1. The van der Waals surface area contributed by atoms with Crippen molar-refractivity contribution in [3.05, 3.63) is 28.7 Å². The van der Waals surface area contributed by atoms with E-state index in [4.69, 9.17) is 0 Å². The molecule has 0 aromatic carbocycles. The maximum absolute atomic E-state index is 4.66. The Morgan fingerprint density at radius 2 is 2.05 bits per heavy atom. The van der Waals surface area contributed by atoms with Crippen molar-refractivity contribution >= 4 is 28.3 Å². The van der Waals surface area contributed by atoms with E-state index in [0.29, 0.717) is 11.6 Å². The van der Waals surface area contributed by atoms with E-state index in [1.165, 1.54) is 6.33 Å². The fourth-order valence-corrected chi connectivity index (χ4v) is 2.85. The van der Waals surface area contributed by atoms with Crippen LogP contribution in [0.25, 0.3) is 11.2 Å². The van der Waals surface area contributed by atoms with Crippen LogP contribution in [0.15, 0.2) is 18.0 Å². The molecule has 0 bridgehead atoms. The fraction of sp³-hybridized carbons (Fsp3) is 0.385. The standard InChI is InChI=1S/C13H16N6S/c1-7(2)13-19-9(4-20-13)8(3)18-12-10-11(15-5-14-10)16-6-17-12/h4-8H,1-3H3,(H2,14,15,16,17,18). The zero-order valence-electron chi connectivity index (χ0n) is 11.6. The van der Waals surface area contributed by atoms with E-state index >= 15 is 0 Å². The lowest BCUT2D eigenvalue weighted by atomic mass is 10.2. The number of fused-ring (bicyclic) bond motifs is 1. The third kappa shape index (κ3) is 2.36. The lowest BCUT2D eigenvalue weighted by Crippen LogP contribution is -2.09. The van der Waals surface area contributed by atoms with Gasteiger partial charge in [0.05, 0.1) is 23.1 Å².